The molecule has 70 valence electrons. The fraction of sp³-hybridized carbons (Fsp3) is 0.300. The van der Waals surface area contributed by atoms with E-state index in [1.54, 1.807) is 26.0 Å². The van der Waals surface area contributed by atoms with Crippen LogP contribution in [0.4, 0.5) is 0 Å². The van der Waals surface area contributed by atoms with Crippen molar-refractivity contribution in [3.05, 3.63) is 29.8 Å². The van der Waals surface area contributed by atoms with E-state index in [-0.39, 0.29) is 11.9 Å². The van der Waals surface area contributed by atoms with Gasteiger partial charge in [-0.1, -0.05) is 18.2 Å². The number of ether oxygens (including phenoxy) is 1. The molecule has 3 heteroatoms. The van der Waals surface area contributed by atoms with Crippen LogP contribution in [0.25, 0.3) is 0 Å². The Balaban J connectivity index is 2.77. The van der Waals surface area contributed by atoms with Crippen LogP contribution in [0.5, 0.6) is 5.75 Å². The van der Waals surface area contributed by atoms with Crippen LogP contribution in [0.3, 0.4) is 0 Å². The largest absolute Gasteiger partial charge is 0.872 e. The Hall–Kier alpha value is -1.51. The van der Waals surface area contributed by atoms with Gasteiger partial charge in [-0.15, -0.1) is 5.75 Å². The molecular weight excluding hydrogens is 168 g/mol. The molecule has 0 N–H and O–H groups in total. The number of carbonyl (C=O) groups excluding carboxylic acids is 1. The molecule has 0 unspecified atom stereocenters. The third-order valence-electron chi connectivity index (χ3n) is 1.41. The van der Waals surface area contributed by atoms with Crippen LogP contribution < -0.4 is 5.11 Å². The van der Waals surface area contributed by atoms with E-state index >= 15 is 0 Å². The van der Waals surface area contributed by atoms with Crippen LogP contribution in [0.15, 0.2) is 24.3 Å². The molecule has 0 heterocycles. The van der Waals surface area contributed by atoms with Crippen molar-refractivity contribution in [3.8, 4) is 5.75 Å². The van der Waals surface area contributed by atoms with Gasteiger partial charge in [0.2, 0.25) is 0 Å². The number of carbonyl (C=O) groups is 1. The van der Waals surface area contributed by atoms with E-state index in [4.69, 9.17) is 4.74 Å². The molecule has 0 fully saturated rings. The van der Waals surface area contributed by atoms with Gasteiger partial charge in [-0.25, -0.2) is 4.79 Å². The highest BCUT2D eigenvalue weighted by Gasteiger charge is 2.07. The van der Waals surface area contributed by atoms with E-state index in [0.29, 0.717) is 5.56 Å². The Morgan fingerprint density at radius 1 is 1.46 bits per heavy atom. The maximum atomic E-state index is 11.2. The molecule has 0 aliphatic rings. The second-order valence-corrected chi connectivity index (χ2v) is 2.98. The number of benzene rings is 1. The summed E-state index contributed by atoms with van der Waals surface area (Å²) >= 11 is 0. The molecule has 0 amide bonds. The average molecular weight is 179 g/mol. The van der Waals surface area contributed by atoms with E-state index in [1.165, 1.54) is 12.1 Å². The van der Waals surface area contributed by atoms with Gasteiger partial charge in [0.25, 0.3) is 0 Å². The standard InChI is InChI=1S/C10H12O3/c1-7(2)13-10(12)8-4-3-5-9(11)6-8/h3-7,11H,1-2H3/p-1. The van der Waals surface area contributed by atoms with Gasteiger partial charge >= 0.3 is 5.97 Å². The fourth-order valence-corrected chi connectivity index (χ4v) is 0.905. The molecule has 0 bridgehead atoms. The van der Waals surface area contributed by atoms with Gasteiger partial charge in [-0.05, 0) is 19.9 Å². The molecule has 0 saturated carbocycles. The zero-order valence-electron chi connectivity index (χ0n) is 7.61. The fourth-order valence-electron chi connectivity index (χ4n) is 0.905. The van der Waals surface area contributed by atoms with Crippen molar-refractivity contribution in [2.45, 2.75) is 20.0 Å². The summed E-state index contributed by atoms with van der Waals surface area (Å²) in [6.07, 6.45) is -0.164. The highest BCUT2D eigenvalue weighted by molar-refractivity contribution is 5.89. The second kappa shape index (κ2) is 3.94. The first-order valence-corrected chi connectivity index (χ1v) is 4.07. The van der Waals surface area contributed by atoms with Crippen molar-refractivity contribution in [1.82, 2.24) is 0 Å². The van der Waals surface area contributed by atoms with Gasteiger partial charge in [0.1, 0.15) is 0 Å². The Morgan fingerprint density at radius 2 is 2.15 bits per heavy atom. The highest BCUT2D eigenvalue weighted by atomic mass is 16.5. The molecule has 0 aromatic heterocycles. The summed E-state index contributed by atoms with van der Waals surface area (Å²) in [6.45, 7) is 3.53. The van der Waals surface area contributed by atoms with Crippen LogP contribution >= 0.6 is 0 Å². The molecule has 1 aromatic carbocycles. The van der Waals surface area contributed by atoms with Crippen molar-refractivity contribution in [2.24, 2.45) is 0 Å². The number of esters is 1. The van der Waals surface area contributed by atoms with Gasteiger partial charge in [0.05, 0.1) is 11.7 Å². The molecule has 0 aliphatic heterocycles. The number of hydrogen-bond donors (Lipinski definition) is 0. The van der Waals surface area contributed by atoms with Gasteiger partial charge in [0.15, 0.2) is 0 Å². The van der Waals surface area contributed by atoms with Gasteiger partial charge in [0, 0.05) is 0 Å². The zero-order chi connectivity index (χ0) is 9.84. The van der Waals surface area contributed by atoms with Crippen LogP contribution in [0.1, 0.15) is 24.2 Å². The van der Waals surface area contributed by atoms with Crippen LogP contribution in [0, 0.1) is 0 Å². The van der Waals surface area contributed by atoms with E-state index in [0.717, 1.165) is 0 Å². The van der Waals surface area contributed by atoms with Crippen LogP contribution in [-0.2, 0) is 4.74 Å². The molecule has 1 rings (SSSR count). The van der Waals surface area contributed by atoms with E-state index in [9.17, 15) is 9.90 Å². The number of hydrogen-bond acceptors (Lipinski definition) is 3. The smallest absolute Gasteiger partial charge is 0.338 e. The lowest BCUT2D eigenvalue weighted by Crippen LogP contribution is -2.11. The monoisotopic (exact) mass is 179 g/mol. The second-order valence-electron chi connectivity index (χ2n) is 2.98. The molecule has 3 nitrogen and oxygen atoms in total. The summed E-state index contributed by atoms with van der Waals surface area (Å²) in [5.41, 5.74) is 0.307. The lowest BCUT2D eigenvalue weighted by Gasteiger charge is -2.10. The summed E-state index contributed by atoms with van der Waals surface area (Å²) in [6, 6.07) is 5.77. The summed E-state index contributed by atoms with van der Waals surface area (Å²) in [4.78, 5) is 11.2. The van der Waals surface area contributed by atoms with Crippen molar-refractivity contribution in [1.29, 1.82) is 0 Å². The first kappa shape index (κ1) is 9.58. The van der Waals surface area contributed by atoms with E-state index in [1.807, 2.05) is 0 Å². The minimum absolute atomic E-state index is 0.164. The van der Waals surface area contributed by atoms with Crippen molar-refractivity contribution in [2.75, 3.05) is 0 Å². The molecule has 0 spiro atoms. The lowest BCUT2D eigenvalue weighted by atomic mass is 10.2. The third-order valence-corrected chi connectivity index (χ3v) is 1.41. The minimum atomic E-state index is -0.451. The molecule has 0 saturated heterocycles. The average Bonchev–Trinajstić information content (AvgIpc) is 2.03. The first-order chi connectivity index (χ1) is 6.09. The molecule has 0 radical (unpaired) electrons. The maximum absolute atomic E-state index is 11.2. The normalized spacial score (nSPS) is 10.1. The predicted molar refractivity (Wildman–Crippen MR) is 46.4 cm³/mol. The van der Waals surface area contributed by atoms with Gasteiger partial charge in [-0.2, -0.15) is 0 Å². The highest BCUT2D eigenvalue weighted by Crippen LogP contribution is 2.09. The Kier molecular flexibility index (Phi) is 2.90. The SMILES string of the molecule is CC(C)OC(=O)c1cccc([O-])c1. The summed E-state index contributed by atoms with van der Waals surface area (Å²) in [5.74, 6) is -0.633. The minimum Gasteiger partial charge on any atom is -0.872 e. The predicted octanol–water partition coefficient (Wildman–Crippen LogP) is 1.33. The Labute approximate surface area is 77.0 Å². The summed E-state index contributed by atoms with van der Waals surface area (Å²) in [7, 11) is 0. The van der Waals surface area contributed by atoms with E-state index < -0.39 is 5.97 Å². The van der Waals surface area contributed by atoms with Crippen LogP contribution in [0.2, 0.25) is 0 Å². The summed E-state index contributed by atoms with van der Waals surface area (Å²) < 4.78 is 4.91. The topological polar surface area (TPSA) is 49.4 Å². The van der Waals surface area contributed by atoms with Gasteiger partial charge in [-0.3, -0.25) is 0 Å². The van der Waals surface area contributed by atoms with Gasteiger partial charge < -0.3 is 9.84 Å². The molecule has 1 aromatic rings. The molecule has 0 aliphatic carbocycles. The van der Waals surface area contributed by atoms with Crippen molar-refractivity contribution >= 4 is 5.97 Å². The Morgan fingerprint density at radius 3 is 2.69 bits per heavy atom. The maximum Gasteiger partial charge on any atom is 0.338 e. The summed E-state index contributed by atoms with van der Waals surface area (Å²) in [5, 5.41) is 10.9. The first-order valence-electron chi connectivity index (χ1n) is 4.07. The van der Waals surface area contributed by atoms with Crippen molar-refractivity contribution in [3.63, 3.8) is 0 Å². The van der Waals surface area contributed by atoms with Crippen LogP contribution in [-0.4, -0.2) is 12.1 Å². The lowest BCUT2D eigenvalue weighted by molar-refractivity contribution is -0.268. The quantitative estimate of drug-likeness (QED) is 0.643. The Bertz CT molecular complexity index is 305. The molecular formula is C10H11O3-. The third kappa shape index (κ3) is 2.78. The molecule has 13 heavy (non-hydrogen) atoms. The van der Waals surface area contributed by atoms with E-state index in [2.05, 4.69) is 0 Å². The number of rotatable bonds is 2. The zero-order valence-corrected chi connectivity index (χ0v) is 7.61. The van der Waals surface area contributed by atoms with Crippen molar-refractivity contribution < 1.29 is 14.6 Å². The molecule has 0 atom stereocenters.